The van der Waals surface area contributed by atoms with Gasteiger partial charge >= 0.3 is 12.1 Å². The number of alkyl halides is 3. The average Bonchev–Trinajstić information content (AvgIpc) is 3.17. The van der Waals surface area contributed by atoms with Crippen LogP contribution in [0.2, 0.25) is 0 Å². The fraction of sp³-hybridized carbons (Fsp3) is 0.286. The molecule has 1 aliphatic rings. The number of amides is 2. The van der Waals surface area contributed by atoms with E-state index in [-0.39, 0.29) is 11.6 Å². The SMILES string of the molecule is O=C(COC(=O)COc1ccc(N2CCCC2=O)cc1)Nc1ccc(C(F)(F)F)cc1. The third-order valence-corrected chi connectivity index (χ3v) is 4.44. The van der Waals surface area contributed by atoms with Crippen molar-refractivity contribution in [1.82, 2.24) is 0 Å². The number of carbonyl (C=O) groups excluding carboxylic acids is 3. The van der Waals surface area contributed by atoms with Gasteiger partial charge in [0.05, 0.1) is 5.56 Å². The largest absolute Gasteiger partial charge is 0.482 e. The number of esters is 1. The van der Waals surface area contributed by atoms with Gasteiger partial charge in [-0.1, -0.05) is 0 Å². The van der Waals surface area contributed by atoms with E-state index in [1.165, 1.54) is 0 Å². The van der Waals surface area contributed by atoms with Gasteiger partial charge < -0.3 is 19.7 Å². The number of benzene rings is 2. The van der Waals surface area contributed by atoms with Gasteiger partial charge in [0.2, 0.25) is 5.91 Å². The first-order valence-electron chi connectivity index (χ1n) is 9.38. The number of rotatable bonds is 7. The summed E-state index contributed by atoms with van der Waals surface area (Å²) < 4.78 is 47.6. The molecule has 31 heavy (non-hydrogen) atoms. The summed E-state index contributed by atoms with van der Waals surface area (Å²) >= 11 is 0. The molecule has 164 valence electrons. The monoisotopic (exact) mass is 436 g/mol. The van der Waals surface area contributed by atoms with Crippen LogP contribution in [0.5, 0.6) is 5.75 Å². The van der Waals surface area contributed by atoms with Crippen LogP contribution < -0.4 is 15.0 Å². The minimum Gasteiger partial charge on any atom is -0.482 e. The van der Waals surface area contributed by atoms with Gasteiger partial charge in [-0.3, -0.25) is 9.59 Å². The van der Waals surface area contributed by atoms with Crippen molar-refractivity contribution < 1.29 is 37.0 Å². The lowest BCUT2D eigenvalue weighted by Crippen LogP contribution is -2.24. The summed E-state index contributed by atoms with van der Waals surface area (Å²) in [5.41, 5.74) is 0.0494. The molecular formula is C21H19F3N2O5. The Hall–Kier alpha value is -3.56. The van der Waals surface area contributed by atoms with E-state index in [1.54, 1.807) is 29.2 Å². The predicted octanol–water partition coefficient (Wildman–Crippen LogP) is 3.39. The molecule has 0 aromatic heterocycles. The lowest BCUT2D eigenvalue weighted by molar-refractivity contribution is -0.149. The first-order valence-corrected chi connectivity index (χ1v) is 9.38. The molecule has 7 nitrogen and oxygen atoms in total. The van der Waals surface area contributed by atoms with Gasteiger partial charge in [0.1, 0.15) is 5.75 Å². The molecule has 0 spiro atoms. The molecule has 0 radical (unpaired) electrons. The Morgan fingerprint density at radius 3 is 2.26 bits per heavy atom. The van der Waals surface area contributed by atoms with Crippen LogP contribution in [0.4, 0.5) is 24.5 Å². The molecule has 10 heteroatoms. The van der Waals surface area contributed by atoms with Crippen molar-refractivity contribution in [2.75, 3.05) is 30.0 Å². The van der Waals surface area contributed by atoms with Gasteiger partial charge in [0.25, 0.3) is 5.91 Å². The van der Waals surface area contributed by atoms with Crippen molar-refractivity contribution in [2.45, 2.75) is 19.0 Å². The van der Waals surface area contributed by atoms with Crippen molar-refractivity contribution in [3.05, 3.63) is 54.1 Å². The van der Waals surface area contributed by atoms with Crippen molar-refractivity contribution in [1.29, 1.82) is 0 Å². The molecule has 3 rings (SSSR count). The van der Waals surface area contributed by atoms with Gasteiger partial charge in [-0.15, -0.1) is 0 Å². The summed E-state index contributed by atoms with van der Waals surface area (Å²) in [4.78, 5) is 36.9. The number of carbonyl (C=O) groups is 3. The highest BCUT2D eigenvalue weighted by molar-refractivity contribution is 5.95. The van der Waals surface area contributed by atoms with Crippen molar-refractivity contribution in [3.63, 3.8) is 0 Å². The topological polar surface area (TPSA) is 84.9 Å². The number of ether oxygens (including phenoxy) is 2. The first kappa shape index (κ1) is 22.1. The van der Waals surface area contributed by atoms with E-state index in [1.807, 2.05) is 0 Å². The molecule has 0 bridgehead atoms. The Morgan fingerprint density at radius 2 is 1.68 bits per heavy atom. The van der Waals surface area contributed by atoms with E-state index in [4.69, 9.17) is 9.47 Å². The number of hydrogen-bond acceptors (Lipinski definition) is 5. The zero-order valence-corrected chi connectivity index (χ0v) is 16.3. The van der Waals surface area contributed by atoms with Gasteiger partial charge in [-0.05, 0) is 55.0 Å². The minimum absolute atomic E-state index is 0.0619. The van der Waals surface area contributed by atoms with Crippen molar-refractivity contribution >= 4 is 29.2 Å². The molecule has 1 saturated heterocycles. The Morgan fingerprint density at radius 1 is 1.00 bits per heavy atom. The highest BCUT2D eigenvalue weighted by atomic mass is 19.4. The molecular weight excluding hydrogens is 417 g/mol. The van der Waals surface area contributed by atoms with Gasteiger partial charge in [0, 0.05) is 24.3 Å². The van der Waals surface area contributed by atoms with Crippen LogP contribution in [-0.4, -0.2) is 37.5 Å². The third-order valence-electron chi connectivity index (χ3n) is 4.44. The Kier molecular flexibility index (Phi) is 6.78. The summed E-state index contributed by atoms with van der Waals surface area (Å²) in [6.45, 7) is -0.380. The van der Waals surface area contributed by atoms with Crippen LogP contribution in [0, 0.1) is 0 Å². The smallest absolute Gasteiger partial charge is 0.416 e. The van der Waals surface area contributed by atoms with Gasteiger partial charge in [0.15, 0.2) is 13.2 Å². The second-order valence-corrected chi connectivity index (χ2v) is 6.72. The average molecular weight is 436 g/mol. The molecule has 1 aliphatic heterocycles. The van der Waals surface area contributed by atoms with Crippen LogP contribution >= 0.6 is 0 Å². The first-order chi connectivity index (χ1) is 14.7. The van der Waals surface area contributed by atoms with E-state index >= 15 is 0 Å². The zero-order valence-electron chi connectivity index (χ0n) is 16.3. The van der Waals surface area contributed by atoms with E-state index in [0.717, 1.165) is 36.4 Å². The number of halogens is 3. The molecule has 0 aliphatic carbocycles. The standard InChI is InChI=1S/C21H19F3N2O5/c22-21(23,24)14-3-5-15(6-4-14)25-18(27)12-31-20(29)13-30-17-9-7-16(8-10-17)26-11-1-2-19(26)28/h3-10H,1-2,11-13H2,(H,25,27). The van der Waals surface area contributed by atoms with Crippen molar-refractivity contribution in [2.24, 2.45) is 0 Å². The maximum absolute atomic E-state index is 12.5. The van der Waals surface area contributed by atoms with E-state index in [9.17, 15) is 27.6 Å². The highest BCUT2D eigenvalue weighted by Crippen LogP contribution is 2.29. The zero-order chi connectivity index (χ0) is 22.4. The Labute approximate surface area is 175 Å². The van der Waals surface area contributed by atoms with Crippen LogP contribution in [0.3, 0.4) is 0 Å². The summed E-state index contributed by atoms with van der Waals surface area (Å²) in [7, 11) is 0. The van der Waals surface area contributed by atoms with E-state index in [2.05, 4.69) is 5.32 Å². The number of nitrogens with one attached hydrogen (secondary N) is 1. The van der Waals surface area contributed by atoms with Crippen LogP contribution in [0.25, 0.3) is 0 Å². The fourth-order valence-corrected chi connectivity index (χ4v) is 2.91. The van der Waals surface area contributed by atoms with Crippen LogP contribution in [0.15, 0.2) is 48.5 Å². The molecule has 2 aromatic rings. The molecule has 0 unspecified atom stereocenters. The summed E-state index contributed by atoms with van der Waals surface area (Å²) in [6, 6.07) is 10.5. The molecule has 1 N–H and O–H groups in total. The maximum Gasteiger partial charge on any atom is 0.416 e. The lowest BCUT2D eigenvalue weighted by Gasteiger charge is -2.16. The van der Waals surface area contributed by atoms with Crippen LogP contribution in [-0.2, 0) is 25.3 Å². The maximum atomic E-state index is 12.5. The van der Waals surface area contributed by atoms with Crippen molar-refractivity contribution in [3.8, 4) is 5.75 Å². The molecule has 2 amide bonds. The molecule has 1 fully saturated rings. The Balaban J connectivity index is 1.39. The molecule has 0 atom stereocenters. The third kappa shape index (κ3) is 6.21. The molecule has 2 aromatic carbocycles. The summed E-state index contributed by atoms with van der Waals surface area (Å²) in [5.74, 6) is -1.04. The quantitative estimate of drug-likeness (QED) is 0.673. The molecule has 0 saturated carbocycles. The second kappa shape index (κ2) is 9.50. The number of anilines is 2. The highest BCUT2D eigenvalue weighted by Gasteiger charge is 2.30. The predicted molar refractivity (Wildman–Crippen MR) is 105 cm³/mol. The number of nitrogens with zero attached hydrogens (tertiary/aromatic N) is 1. The Bertz CT molecular complexity index is 943. The van der Waals surface area contributed by atoms with E-state index in [0.29, 0.717) is 18.7 Å². The lowest BCUT2D eigenvalue weighted by atomic mass is 10.2. The fourth-order valence-electron chi connectivity index (χ4n) is 2.91. The summed E-state index contributed by atoms with van der Waals surface area (Å²) in [5, 5.41) is 2.33. The van der Waals surface area contributed by atoms with Gasteiger partial charge in [-0.25, -0.2) is 4.79 Å². The van der Waals surface area contributed by atoms with Gasteiger partial charge in [-0.2, -0.15) is 13.2 Å². The number of hydrogen-bond donors (Lipinski definition) is 1. The van der Waals surface area contributed by atoms with Crippen LogP contribution in [0.1, 0.15) is 18.4 Å². The normalized spacial score (nSPS) is 13.8. The summed E-state index contributed by atoms with van der Waals surface area (Å²) in [6.07, 6.45) is -3.13. The minimum atomic E-state index is -4.47. The van der Waals surface area contributed by atoms with E-state index < -0.39 is 36.8 Å². The molecule has 1 heterocycles. The second-order valence-electron chi connectivity index (χ2n) is 6.72.